The predicted molar refractivity (Wildman–Crippen MR) is 235 cm³/mol. The summed E-state index contributed by atoms with van der Waals surface area (Å²) in [6, 6.07) is 6.82. The molecule has 3 rings (SSSR count). The summed E-state index contributed by atoms with van der Waals surface area (Å²) in [6.45, 7) is 21.0. The number of allylic oxidation sites excluding steroid dienone is 1. The first-order chi connectivity index (χ1) is 27.5. The Kier molecular flexibility index (Phi) is 25.3. The fourth-order valence-electron chi connectivity index (χ4n) is 6.74. The lowest BCUT2D eigenvalue weighted by Gasteiger charge is -2.37. The number of nitrogens with two attached hydrogens (primary N) is 1. The quantitative estimate of drug-likeness (QED) is 0.0450. The molecular weight excluding hydrogens is 753 g/mol. The number of unbranched alkanes of at least 4 members (excludes halogenated alkanes) is 4. The number of nitrogens with zero attached hydrogens (tertiary/aromatic N) is 4. The number of benzene rings is 1. The van der Waals surface area contributed by atoms with Crippen LogP contribution in [0.15, 0.2) is 42.0 Å². The molecule has 1 aromatic carbocycles. The van der Waals surface area contributed by atoms with Crippen LogP contribution in [0.3, 0.4) is 0 Å². The van der Waals surface area contributed by atoms with Crippen molar-refractivity contribution in [3.8, 4) is 6.26 Å². The number of carbonyl (C=O) groups is 3. The van der Waals surface area contributed by atoms with Crippen LogP contribution in [-0.4, -0.2) is 83.5 Å². The van der Waals surface area contributed by atoms with Crippen LogP contribution in [0, 0.1) is 22.9 Å². The van der Waals surface area contributed by atoms with Gasteiger partial charge in [-0.05, 0) is 103 Å². The van der Waals surface area contributed by atoms with Crippen LogP contribution in [0.25, 0.3) is 0 Å². The number of likely N-dealkylation sites (tertiary alicyclic amines) is 1. The van der Waals surface area contributed by atoms with E-state index in [1.165, 1.54) is 57.1 Å². The monoisotopic (exact) mass is 827 g/mol. The van der Waals surface area contributed by atoms with E-state index in [0.29, 0.717) is 42.3 Å². The third-order valence-electron chi connectivity index (χ3n) is 10.1. The molecule has 4 N–H and O–H groups in total. The van der Waals surface area contributed by atoms with Crippen LogP contribution in [0.1, 0.15) is 153 Å². The maximum absolute atomic E-state index is 13.6. The SMILES string of the molecule is C=C(C)OC(CC(C(C)C)N(CCCCCC)C(=O)CCCC)c1nc(C(=O)NC(Cc2ccc(N)cc2)CC(C)(C)C(=O)O)cs1.CN1CCCCC1.COC#N. The number of amides is 2. The number of carboxylic acids is 1. The molecule has 1 aliphatic rings. The third-order valence-corrected chi connectivity index (χ3v) is 11.1. The average Bonchev–Trinajstić information content (AvgIpc) is 3.68. The van der Waals surface area contributed by atoms with Gasteiger partial charge in [-0.2, -0.15) is 5.26 Å². The minimum atomic E-state index is -1.05. The highest BCUT2D eigenvalue weighted by Gasteiger charge is 2.34. The molecule has 0 spiro atoms. The Morgan fingerprint density at radius 2 is 1.71 bits per heavy atom. The molecule has 2 aromatic rings. The van der Waals surface area contributed by atoms with E-state index in [-0.39, 0.29) is 35.9 Å². The highest BCUT2D eigenvalue weighted by molar-refractivity contribution is 7.09. The van der Waals surface area contributed by atoms with Gasteiger partial charge in [-0.3, -0.25) is 14.4 Å². The largest absolute Gasteiger partial charge is 0.488 e. The first kappa shape index (κ1) is 51.9. The van der Waals surface area contributed by atoms with Crippen LogP contribution >= 0.6 is 11.3 Å². The molecule has 0 bridgehead atoms. The molecule has 3 unspecified atom stereocenters. The maximum Gasteiger partial charge on any atom is 0.309 e. The number of aromatic nitrogens is 1. The molecule has 0 aliphatic carbocycles. The normalized spacial score (nSPS) is 14.3. The summed E-state index contributed by atoms with van der Waals surface area (Å²) < 4.78 is 10.1. The minimum absolute atomic E-state index is 0.0750. The highest BCUT2D eigenvalue weighted by Crippen LogP contribution is 2.33. The molecule has 1 aromatic heterocycles. The zero-order chi connectivity index (χ0) is 43.7. The number of rotatable bonds is 22. The van der Waals surface area contributed by atoms with E-state index in [1.54, 1.807) is 38.3 Å². The van der Waals surface area contributed by atoms with Crippen molar-refractivity contribution in [1.29, 1.82) is 5.26 Å². The van der Waals surface area contributed by atoms with Gasteiger partial charge < -0.3 is 35.4 Å². The second kappa shape index (κ2) is 28.3. The van der Waals surface area contributed by atoms with Gasteiger partial charge in [0.25, 0.3) is 12.2 Å². The fourth-order valence-corrected chi connectivity index (χ4v) is 7.58. The van der Waals surface area contributed by atoms with Gasteiger partial charge in [0.15, 0.2) is 6.10 Å². The number of methoxy groups -OCH3 is 1. The Bertz CT molecular complexity index is 1530. The number of carboxylic acid groups (broad SMARTS) is 1. The van der Waals surface area contributed by atoms with Crippen LogP contribution in [0.4, 0.5) is 5.69 Å². The number of nitrogen functional groups attached to an aromatic ring is 1. The number of nitrogens with one attached hydrogen (secondary N) is 1. The Morgan fingerprint density at radius 1 is 1.09 bits per heavy atom. The number of carbonyl (C=O) groups excluding carboxylic acids is 2. The lowest BCUT2D eigenvalue weighted by atomic mass is 9.84. The molecule has 3 atom stereocenters. The number of nitriles is 1. The van der Waals surface area contributed by atoms with Crippen molar-refractivity contribution in [1.82, 2.24) is 20.1 Å². The van der Waals surface area contributed by atoms with Gasteiger partial charge in [-0.1, -0.05) is 78.5 Å². The summed E-state index contributed by atoms with van der Waals surface area (Å²) in [5.74, 6) is -0.429. The number of ether oxygens (including phenoxy) is 2. The van der Waals surface area contributed by atoms with Crippen LogP contribution in [-0.2, 0) is 25.5 Å². The van der Waals surface area contributed by atoms with Crippen LogP contribution < -0.4 is 11.1 Å². The summed E-state index contributed by atoms with van der Waals surface area (Å²) in [7, 11) is 3.51. The second-order valence-electron chi connectivity index (χ2n) is 16.3. The topological polar surface area (TPSA) is 171 Å². The van der Waals surface area contributed by atoms with Gasteiger partial charge in [0.05, 0.1) is 18.3 Å². The third kappa shape index (κ3) is 20.5. The van der Waals surface area contributed by atoms with E-state index in [2.05, 4.69) is 61.2 Å². The predicted octanol–water partition coefficient (Wildman–Crippen LogP) is 9.39. The lowest BCUT2D eigenvalue weighted by Crippen LogP contribution is -2.45. The molecule has 13 heteroatoms. The molecule has 1 fully saturated rings. The molecule has 0 radical (unpaired) electrons. The molecular formula is C45H74N6O6S. The van der Waals surface area contributed by atoms with Crippen molar-refractivity contribution in [2.24, 2.45) is 11.3 Å². The molecule has 2 heterocycles. The van der Waals surface area contributed by atoms with E-state index >= 15 is 0 Å². The van der Waals surface area contributed by atoms with E-state index in [1.807, 2.05) is 12.1 Å². The van der Waals surface area contributed by atoms with Crippen molar-refractivity contribution in [3.05, 3.63) is 58.2 Å². The minimum Gasteiger partial charge on any atom is -0.488 e. The van der Waals surface area contributed by atoms with Gasteiger partial charge in [-0.25, -0.2) is 4.98 Å². The molecule has 12 nitrogen and oxygen atoms in total. The van der Waals surface area contributed by atoms with E-state index in [0.717, 1.165) is 44.1 Å². The second-order valence-corrected chi connectivity index (χ2v) is 17.2. The summed E-state index contributed by atoms with van der Waals surface area (Å²) in [4.78, 5) is 48.2. The Labute approximate surface area is 353 Å². The first-order valence-corrected chi connectivity index (χ1v) is 21.9. The Balaban J connectivity index is 0.00000132. The number of aliphatic carboxylic acids is 1. The first-order valence-electron chi connectivity index (χ1n) is 21.1. The standard InChI is InChI=1S/C37H58N4O5S.C6H13N.C2H3NO/c1-9-11-13-14-20-41(33(42)15-12-10-2)31(25(3)4)22-32(46-26(5)6)35-40-30(24-47-35)34(43)39-29(23-37(7,8)36(44)45)21-27-16-18-28(38)19-17-27;1-7-5-3-2-4-6-7;1-4-2-3/h16-19,24-25,29,31-32H,5,9-15,20-23,38H2,1-4,6-8H3,(H,39,43)(H,44,45);2-6H2,1H3;1H3. The zero-order valence-electron chi connectivity index (χ0n) is 37.0. The molecule has 1 saturated heterocycles. The average molecular weight is 827 g/mol. The van der Waals surface area contributed by atoms with Gasteiger partial charge in [0, 0.05) is 42.5 Å². The molecule has 2 amide bonds. The smallest absolute Gasteiger partial charge is 0.309 e. The lowest BCUT2D eigenvalue weighted by molar-refractivity contribution is -0.147. The Hall–Kier alpha value is -4.15. The van der Waals surface area contributed by atoms with Gasteiger partial charge >= 0.3 is 5.97 Å². The van der Waals surface area contributed by atoms with Gasteiger partial charge in [-0.15, -0.1) is 11.3 Å². The summed E-state index contributed by atoms with van der Waals surface area (Å²) in [5, 5.41) is 22.6. The van der Waals surface area contributed by atoms with E-state index in [4.69, 9.17) is 20.7 Å². The number of thiazole rings is 1. The molecule has 326 valence electrons. The molecule has 0 saturated carbocycles. The van der Waals surface area contributed by atoms with Crippen molar-refractivity contribution in [2.75, 3.05) is 39.5 Å². The summed E-state index contributed by atoms with van der Waals surface area (Å²) in [5.41, 5.74) is 6.61. The van der Waals surface area contributed by atoms with Crippen molar-refractivity contribution >= 4 is 34.8 Å². The van der Waals surface area contributed by atoms with Crippen molar-refractivity contribution in [2.45, 2.75) is 150 Å². The zero-order valence-corrected chi connectivity index (χ0v) is 37.8. The van der Waals surface area contributed by atoms with Crippen molar-refractivity contribution < 1.29 is 29.0 Å². The van der Waals surface area contributed by atoms with Gasteiger partial charge in [0.2, 0.25) is 5.91 Å². The highest BCUT2D eigenvalue weighted by atomic mass is 32.1. The van der Waals surface area contributed by atoms with Crippen LogP contribution in [0.2, 0.25) is 0 Å². The summed E-state index contributed by atoms with van der Waals surface area (Å²) in [6.07, 6.45) is 13.1. The number of hydrogen-bond acceptors (Lipinski definition) is 10. The van der Waals surface area contributed by atoms with Gasteiger partial charge in [0.1, 0.15) is 10.7 Å². The molecule has 58 heavy (non-hydrogen) atoms. The van der Waals surface area contributed by atoms with E-state index in [9.17, 15) is 19.5 Å². The van der Waals surface area contributed by atoms with E-state index < -0.39 is 23.5 Å². The fraction of sp³-hybridized carbons (Fsp3) is 0.667. The Morgan fingerprint density at radius 3 is 2.21 bits per heavy atom. The maximum atomic E-state index is 13.6. The summed E-state index contributed by atoms with van der Waals surface area (Å²) >= 11 is 1.34. The number of hydrogen-bond donors (Lipinski definition) is 3. The number of piperidine rings is 1. The number of anilines is 1. The molecule has 1 aliphatic heterocycles. The van der Waals surface area contributed by atoms with Crippen LogP contribution in [0.5, 0.6) is 0 Å². The van der Waals surface area contributed by atoms with Crippen molar-refractivity contribution in [3.63, 3.8) is 0 Å².